The van der Waals surface area contributed by atoms with Crippen molar-refractivity contribution in [2.24, 2.45) is 0 Å². The fraction of sp³-hybridized carbons (Fsp3) is 1.00. The number of rotatable bonds is 2. The molecule has 0 spiro atoms. The summed E-state index contributed by atoms with van der Waals surface area (Å²) in [6, 6.07) is -7.31. The first-order chi connectivity index (χ1) is 8.85. The van der Waals surface area contributed by atoms with E-state index in [-0.39, 0.29) is 0 Å². The third-order valence-corrected chi connectivity index (χ3v) is 0.232. The van der Waals surface area contributed by atoms with E-state index in [2.05, 4.69) is 0 Å². The van der Waals surface area contributed by atoms with Crippen molar-refractivity contribution in [3.05, 3.63) is 0 Å². The summed E-state index contributed by atoms with van der Waals surface area (Å²) in [7, 11) is 0. The van der Waals surface area contributed by atoms with Crippen molar-refractivity contribution in [2.75, 3.05) is 0 Å². The number of hydrogen-bond acceptors (Lipinski definition) is 1. The second-order valence-corrected chi connectivity index (χ2v) is 0.846. The summed E-state index contributed by atoms with van der Waals surface area (Å²) in [5.41, 5.74) is 0. The molecule has 1 nitrogen and oxygen atoms in total. The Kier molecular flexibility index (Phi) is 0.268. The standard InChI is InChI=1S/C6H15N/c1-5(2)7-6(3)4/h5-7H,1-4H3/i1D2,2D3,3D3,4D3,5D,6D/hD. The van der Waals surface area contributed by atoms with E-state index in [0.717, 1.165) is 0 Å². The fourth-order valence-corrected chi connectivity index (χ4v) is 0.120. The van der Waals surface area contributed by atoms with Crippen molar-refractivity contribution in [3.63, 3.8) is 0 Å². The van der Waals surface area contributed by atoms with Gasteiger partial charge in [-0.2, -0.15) is 0 Å². The molecule has 0 amide bonds. The lowest BCUT2D eigenvalue weighted by Gasteiger charge is -2.10. The van der Waals surface area contributed by atoms with E-state index in [0.29, 0.717) is 0 Å². The summed E-state index contributed by atoms with van der Waals surface area (Å²) < 4.78 is 101. The normalized spacial score (nSPS) is 56.9. The van der Waals surface area contributed by atoms with Crippen molar-refractivity contribution in [1.82, 2.24) is 5.31 Å². The molecule has 0 aromatic heterocycles. The molecule has 44 valence electrons. The molecule has 1 heteroatoms. The van der Waals surface area contributed by atoms with Crippen LogP contribution in [0.5, 0.6) is 0 Å². The Morgan fingerprint density at radius 2 is 2.29 bits per heavy atom. The van der Waals surface area contributed by atoms with Gasteiger partial charge < -0.3 is 5.31 Å². The van der Waals surface area contributed by atoms with Crippen LogP contribution in [-0.2, 0) is 0 Å². The van der Waals surface area contributed by atoms with Crippen molar-refractivity contribution in [3.8, 4) is 0 Å². The molecular weight excluding hydrogens is 86.1 g/mol. The molecule has 0 fully saturated rings. The maximum atomic E-state index is 7.64. The highest BCUT2D eigenvalue weighted by atomic mass is 14.9. The minimum atomic E-state index is -3.78. The topological polar surface area (TPSA) is 12.0 Å². The monoisotopic (exact) mass is 115 g/mol. The predicted molar refractivity (Wildman–Crippen MR) is 33.4 cm³/mol. The van der Waals surface area contributed by atoms with E-state index in [1.54, 1.807) is 0 Å². The number of hydrogen-bond donors (Lipinski definition) is 1. The first-order valence-corrected chi connectivity index (χ1v) is 1.49. The Morgan fingerprint density at radius 1 is 1.57 bits per heavy atom. The van der Waals surface area contributed by atoms with E-state index in [4.69, 9.17) is 19.2 Å². The molecule has 0 bridgehead atoms. The lowest BCUT2D eigenvalue weighted by atomic mass is 10.3. The van der Waals surface area contributed by atoms with E-state index in [1.165, 1.54) is 0 Å². The van der Waals surface area contributed by atoms with Gasteiger partial charge in [-0.15, -0.1) is 0 Å². The second-order valence-electron chi connectivity index (χ2n) is 0.846. The Morgan fingerprint density at radius 3 is 2.71 bits per heavy atom. The van der Waals surface area contributed by atoms with Gasteiger partial charge in [-0.05, 0) is 0 Å². The molecule has 1 N–H and O–H groups in total. The van der Waals surface area contributed by atoms with Gasteiger partial charge in [0.25, 0.3) is 0 Å². The van der Waals surface area contributed by atoms with Crippen molar-refractivity contribution in [2.45, 2.75) is 39.5 Å². The molecule has 0 saturated heterocycles. The summed E-state index contributed by atoms with van der Waals surface area (Å²) in [6.45, 7) is -13.5. The Bertz CT molecular complexity index is 349. The third-order valence-electron chi connectivity index (χ3n) is 0.232. The van der Waals surface area contributed by atoms with Crippen molar-refractivity contribution < 1.29 is 19.2 Å². The zero-order valence-electron chi connectivity index (χ0n) is 17.5. The summed E-state index contributed by atoms with van der Waals surface area (Å²) in [5, 5.41) is -0.780. The Labute approximate surface area is 65.8 Å². The van der Waals surface area contributed by atoms with Gasteiger partial charge in [0.1, 0.15) is 1.41 Å². The Balaban J connectivity index is 6.32. The molecule has 7 heavy (non-hydrogen) atoms. The Hall–Kier alpha value is -0.0400. The van der Waals surface area contributed by atoms with E-state index >= 15 is 0 Å². The maximum absolute atomic E-state index is 7.64. The molecule has 1 unspecified atom stereocenters. The fourth-order valence-electron chi connectivity index (χ4n) is 0.120. The molecule has 0 rings (SSSR count). The molecule has 0 aromatic rings. The van der Waals surface area contributed by atoms with E-state index < -0.39 is 44.8 Å². The van der Waals surface area contributed by atoms with Gasteiger partial charge in [-0.25, -0.2) is 0 Å². The molecule has 0 aliphatic rings. The largest absolute Gasteiger partial charge is 0.312 e. The minimum absolute atomic E-state index is 0.780. The van der Waals surface area contributed by atoms with Gasteiger partial charge in [-0.3, -0.25) is 0 Å². The van der Waals surface area contributed by atoms with Crippen LogP contribution in [0.3, 0.4) is 0 Å². The zero-order chi connectivity index (χ0) is 17.7. The van der Waals surface area contributed by atoms with E-state index in [1.807, 2.05) is 0 Å². The average molecular weight is 115 g/mol. The smallest absolute Gasteiger partial charge is 0.123 e. The highest BCUT2D eigenvalue weighted by Crippen LogP contribution is 1.80. The van der Waals surface area contributed by atoms with Crippen LogP contribution < -0.4 is 5.31 Å². The third kappa shape index (κ3) is 5.96. The molecule has 0 aromatic carbocycles. The summed E-state index contributed by atoms with van der Waals surface area (Å²) in [5.74, 6) is 0. The van der Waals surface area contributed by atoms with Crippen molar-refractivity contribution >= 4 is 0 Å². The highest BCUT2D eigenvalue weighted by molar-refractivity contribution is 4.55. The molecule has 0 aliphatic heterocycles. The van der Waals surface area contributed by atoms with Gasteiger partial charge in [0.2, 0.25) is 0 Å². The van der Waals surface area contributed by atoms with Gasteiger partial charge >= 0.3 is 0 Å². The van der Waals surface area contributed by atoms with Gasteiger partial charge in [0.15, 0.2) is 0 Å². The lowest BCUT2D eigenvalue weighted by Crippen LogP contribution is -2.29. The first-order valence-electron chi connectivity index (χ1n) is 8.59. The molecule has 1 atom stereocenters. The molecule has 0 saturated carbocycles. The van der Waals surface area contributed by atoms with Crippen LogP contribution >= 0.6 is 0 Å². The SMILES string of the molecule is [2H]C([2H])C([2H])(N([2H])C([2H])(C([2H])([2H])[2H])C([2H])([2H])[2H])C([2H])([2H])[2H]. The first kappa shape index (κ1) is 0.621. The molecule has 0 radical (unpaired) electrons. The van der Waals surface area contributed by atoms with Crippen LogP contribution in [0.2, 0.25) is 1.41 Å². The van der Waals surface area contributed by atoms with Gasteiger partial charge in [0.05, 0.1) is 0 Å². The lowest BCUT2D eigenvalue weighted by molar-refractivity contribution is 0.518. The molecule has 0 aliphatic carbocycles. The minimum Gasteiger partial charge on any atom is -0.312 e. The van der Waals surface area contributed by atoms with Crippen LogP contribution in [-0.4, -0.2) is 12.0 Å². The van der Waals surface area contributed by atoms with Crippen LogP contribution in [0.25, 0.3) is 0 Å². The van der Waals surface area contributed by atoms with Crippen LogP contribution in [0.15, 0.2) is 0 Å². The number of nitrogens with one attached hydrogen (secondary N) is 1. The zero-order valence-corrected chi connectivity index (χ0v) is 3.52. The van der Waals surface area contributed by atoms with Gasteiger partial charge in [0, 0.05) is 29.9 Å². The predicted octanol–water partition coefficient (Wildman–Crippen LogP) is 1.39. The quantitative estimate of drug-likeness (QED) is 0.573. The van der Waals surface area contributed by atoms with Gasteiger partial charge in [-0.1, -0.05) is 27.4 Å². The summed E-state index contributed by atoms with van der Waals surface area (Å²) in [4.78, 5) is 0. The summed E-state index contributed by atoms with van der Waals surface area (Å²) >= 11 is 0. The van der Waals surface area contributed by atoms with E-state index in [9.17, 15) is 0 Å². The van der Waals surface area contributed by atoms with Crippen molar-refractivity contribution in [1.29, 1.82) is 0 Å². The average Bonchev–Trinajstić information content (AvgIpc) is 2.20. The second kappa shape index (κ2) is 3.03. The van der Waals surface area contributed by atoms with Crippen LogP contribution in [0.4, 0.5) is 0 Å². The maximum Gasteiger partial charge on any atom is 0.123 e. The molecular formula is C6H15N. The highest BCUT2D eigenvalue weighted by Gasteiger charge is 1.92. The van der Waals surface area contributed by atoms with Crippen LogP contribution in [0.1, 0.15) is 45.3 Å². The molecule has 0 heterocycles. The van der Waals surface area contributed by atoms with Crippen LogP contribution in [0, 0.1) is 0 Å². The summed E-state index contributed by atoms with van der Waals surface area (Å²) in [6.07, 6.45) is 0.